The zero-order chi connectivity index (χ0) is 12.8. The third-order valence-electron chi connectivity index (χ3n) is 2.57. The van der Waals surface area contributed by atoms with Crippen molar-refractivity contribution < 1.29 is 13.9 Å². The molecule has 0 bridgehead atoms. The Labute approximate surface area is 100 Å². The van der Waals surface area contributed by atoms with Gasteiger partial charge in [-0.2, -0.15) is 0 Å². The number of methoxy groups -OCH3 is 1. The van der Waals surface area contributed by atoms with Crippen molar-refractivity contribution in [1.29, 1.82) is 0 Å². The lowest BCUT2D eigenvalue weighted by molar-refractivity contribution is -0.120. The lowest BCUT2D eigenvalue weighted by Gasteiger charge is -2.20. The van der Waals surface area contributed by atoms with Gasteiger partial charge in [-0.15, -0.1) is 0 Å². The van der Waals surface area contributed by atoms with Crippen LogP contribution in [0.15, 0.2) is 24.3 Å². The Kier molecular flexibility index (Phi) is 5.06. The van der Waals surface area contributed by atoms with Crippen LogP contribution in [0.5, 0.6) is 0 Å². The van der Waals surface area contributed by atoms with Crippen LogP contribution in [0.2, 0.25) is 0 Å². The Morgan fingerprint density at radius 2 is 2.29 bits per heavy atom. The highest BCUT2D eigenvalue weighted by Crippen LogP contribution is 2.15. The van der Waals surface area contributed by atoms with Gasteiger partial charge in [0.2, 0.25) is 5.91 Å². The van der Waals surface area contributed by atoms with Crippen LogP contribution in [0.1, 0.15) is 6.42 Å². The zero-order valence-corrected chi connectivity index (χ0v) is 10.0. The minimum atomic E-state index is -0.371. The normalized spacial score (nSPS) is 12.2. The van der Waals surface area contributed by atoms with Gasteiger partial charge in [0.25, 0.3) is 0 Å². The minimum Gasteiger partial charge on any atom is -0.380 e. The number of amides is 1. The topological polar surface area (TPSA) is 55.6 Å². The number of benzene rings is 1. The van der Waals surface area contributed by atoms with Crippen LogP contribution >= 0.6 is 0 Å². The Bertz CT molecular complexity index is 381. The maximum absolute atomic E-state index is 13.0. The van der Waals surface area contributed by atoms with E-state index in [-0.39, 0.29) is 30.8 Å². The van der Waals surface area contributed by atoms with E-state index in [1.54, 1.807) is 19.2 Å². The predicted molar refractivity (Wildman–Crippen MR) is 64.3 cm³/mol. The summed E-state index contributed by atoms with van der Waals surface area (Å²) in [5.74, 6) is -0.530. The van der Waals surface area contributed by atoms with Crippen molar-refractivity contribution in [2.24, 2.45) is 5.73 Å². The largest absolute Gasteiger partial charge is 0.380 e. The molecule has 5 heteroatoms. The molecule has 0 saturated heterocycles. The number of rotatable bonds is 5. The number of nitrogens with two attached hydrogens (primary N) is 1. The average Bonchev–Trinajstić information content (AvgIpc) is 2.34. The van der Waals surface area contributed by atoms with Crippen LogP contribution in [0.25, 0.3) is 0 Å². The minimum absolute atomic E-state index is 0.159. The highest BCUT2D eigenvalue weighted by molar-refractivity contribution is 5.93. The van der Waals surface area contributed by atoms with Gasteiger partial charge in [-0.05, 0) is 18.2 Å². The molecule has 17 heavy (non-hydrogen) atoms. The van der Waals surface area contributed by atoms with Gasteiger partial charge in [-0.3, -0.25) is 4.79 Å². The van der Waals surface area contributed by atoms with Gasteiger partial charge in [0.15, 0.2) is 0 Å². The second-order valence-corrected chi connectivity index (χ2v) is 3.73. The third-order valence-corrected chi connectivity index (χ3v) is 2.57. The molecule has 94 valence electrons. The van der Waals surface area contributed by atoms with Crippen LogP contribution in [0, 0.1) is 5.82 Å². The van der Waals surface area contributed by atoms with E-state index < -0.39 is 0 Å². The van der Waals surface area contributed by atoms with Crippen LogP contribution in [0.3, 0.4) is 0 Å². The van der Waals surface area contributed by atoms with Crippen LogP contribution in [-0.2, 0) is 9.53 Å². The molecule has 0 radical (unpaired) electrons. The van der Waals surface area contributed by atoms with Crippen molar-refractivity contribution >= 4 is 11.6 Å². The zero-order valence-electron chi connectivity index (χ0n) is 10.0. The number of hydrogen-bond donors (Lipinski definition) is 1. The molecule has 0 aliphatic heterocycles. The molecule has 0 aromatic heterocycles. The maximum Gasteiger partial charge on any atom is 0.229 e. The molecule has 0 saturated carbocycles. The van der Waals surface area contributed by atoms with Crippen molar-refractivity contribution in [1.82, 2.24) is 0 Å². The SMILES string of the molecule is COC(CN)CC(=O)N(C)c1cccc(F)c1. The second-order valence-electron chi connectivity index (χ2n) is 3.73. The monoisotopic (exact) mass is 240 g/mol. The summed E-state index contributed by atoms with van der Waals surface area (Å²) in [6.45, 7) is 0.277. The molecular formula is C12H17FN2O2. The smallest absolute Gasteiger partial charge is 0.229 e. The summed E-state index contributed by atoms with van der Waals surface area (Å²) in [6, 6.07) is 5.87. The number of carbonyl (C=O) groups is 1. The summed E-state index contributed by atoms with van der Waals surface area (Å²) < 4.78 is 18.0. The van der Waals surface area contributed by atoms with E-state index in [2.05, 4.69) is 0 Å². The molecule has 0 heterocycles. The number of nitrogens with zero attached hydrogens (tertiary/aromatic N) is 1. The number of hydrogen-bond acceptors (Lipinski definition) is 3. The van der Waals surface area contributed by atoms with Gasteiger partial charge in [0.05, 0.1) is 12.5 Å². The second kappa shape index (κ2) is 6.32. The predicted octanol–water partition coefficient (Wildman–Crippen LogP) is 1.15. The lowest BCUT2D eigenvalue weighted by Crippen LogP contribution is -2.33. The van der Waals surface area contributed by atoms with E-state index in [0.29, 0.717) is 5.69 Å². The molecule has 0 aliphatic rings. The quantitative estimate of drug-likeness (QED) is 0.840. The molecule has 4 nitrogen and oxygen atoms in total. The van der Waals surface area contributed by atoms with Gasteiger partial charge >= 0.3 is 0 Å². The fourth-order valence-corrected chi connectivity index (χ4v) is 1.42. The van der Waals surface area contributed by atoms with Gasteiger partial charge < -0.3 is 15.4 Å². The third kappa shape index (κ3) is 3.80. The fourth-order valence-electron chi connectivity index (χ4n) is 1.42. The van der Waals surface area contributed by atoms with E-state index in [4.69, 9.17) is 10.5 Å². The molecule has 1 atom stereocenters. The van der Waals surface area contributed by atoms with Crippen LogP contribution < -0.4 is 10.6 Å². The summed E-state index contributed by atoms with van der Waals surface area (Å²) in [6.07, 6.45) is -0.126. The van der Waals surface area contributed by atoms with Crippen LogP contribution in [-0.4, -0.2) is 32.7 Å². The molecule has 1 amide bonds. The molecule has 1 aromatic rings. The summed E-state index contributed by atoms with van der Waals surface area (Å²) in [7, 11) is 3.10. The lowest BCUT2D eigenvalue weighted by atomic mass is 10.2. The Balaban J connectivity index is 2.69. The van der Waals surface area contributed by atoms with Crippen LogP contribution in [0.4, 0.5) is 10.1 Å². The van der Waals surface area contributed by atoms with Crippen molar-refractivity contribution in [2.75, 3.05) is 25.6 Å². The first-order chi connectivity index (χ1) is 8.08. The Morgan fingerprint density at radius 1 is 1.59 bits per heavy atom. The molecule has 0 aliphatic carbocycles. The first kappa shape index (κ1) is 13.6. The number of halogens is 1. The summed E-state index contributed by atoms with van der Waals surface area (Å²) in [5, 5.41) is 0. The van der Waals surface area contributed by atoms with Gasteiger partial charge in [0.1, 0.15) is 5.82 Å². The van der Waals surface area contributed by atoms with Crippen molar-refractivity contribution in [3.8, 4) is 0 Å². The van der Waals surface area contributed by atoms with Crippen molar-refractivity contribution in [2.45, 2.75) is 12.5 Å². The first-order valence-electron chi connectivity index (χ1n) is 5.33. The number of ether oxygens (including phenoxy) is 1. The highest BCUT2D eigenvalue weighted by atomic mass is 19.1. The van der Waals surface area contributed by atoms with Gasteiger partial charge in [0, 0.05) is 26.4 Å². The first-order valence-corrected chi connectivity index (χ1v) is 5.33. The fraction of sp³-hybridized carbons (Fsp3) is 0.417. The van der Waals surface area contributed by atoms with E-state index in [1.165, 1.54) is 24.1 Å². The summed E-state index contributed by atoms with van der Waals surface area (Å²) in [4.78, 5) is 13.2. The molecule has 1 rings (SSSR count). The standard InChI is InChI=1S/C12H17FN2O2/c1-15(10-5-3-4-9(13)6-10)12(16)7-11(8-14)17-2/h3-6,11H,7-8,14H2,1-2H3. The molecule has 0 fully saturated rings. The van der Waals surface area contributed by atoms with E-state index in [0.717, 1.165) is 0 Å². The van der Waals surface area contributed by atoms with Crippen molar-refractivity contribution in [3.05, 3.63) is 30.1 Å². The van der Waals surface area contributed by atoms with E-state index >= 15 is 0 Å². The van der Waals surface area contributed by atoms with Gasteiger partial charge in [-0.25, -0.2) is 4.39 Å². The summed E-state index contributed by atoms with van der Waals surface area (Å²) in [5.41, 5.74) is 5.95. The van der Waals surface area contributed by atoms with E-state index in [1.807, 2.05) is 0 Å². The van der Waals surface area contributed by atoms with Crippen molar-refractivity contribution in [3.63, 3.8) is 0 Å². The molecule has 1 aromatic carbocycles. The Hall–Kier alpha value is -1.46. The van der Waals surface area contributed by atoms with Gasteiger partial charge in [-0.1, -0.05) is 6.07 Å². The molecule has 1 unspecified atom stereocenters. The maximum atomic E-state index is 13.0. The number of carbonyl (C=O) groups excluding carboxylic acids is 1. The average molecular weight is 240 g/mol. The van der Waals surface area contributed by atoms with E-state index in [9.17, 15) is 9.18 Å². The Morgan fingerprint density at radius 3 is 2.82 bits per heavy atom. The molecule has 2 N–H and O–H groups in total. The number of anilines is 1. The molecule has 0 spiro atoms. The highest BCUT2D eigenvalue weighted by Gasteiger charge is 2.16. The molecular weight excluding hydrogens is 223 g/mol. The summed E-state index contributed by atoms with van der Waals surface area (Å²) >= 11 is 0.